The van der Waals surface area contributed by atoms with Crippen LogP contribution in [-0.4, -0.2) is 24.2 Å². The number of halogens is 3. The van der Waals surface area contributed by atoms with Crippen LogP contribution in [0.15, 0.2) is 22.7 Å². The molecule has 0 amide bonds. The van der Waals surface area contributed by atoms with Gasteiger partial charge in [-0.25, -0.2) is 4.39 Å². The van der Waals surface area contributed by atoms with Crippen molar-refractivity contribution in [3.05, 3.63) is 33.3 Å². The van der Waals surface area contributed by atoms with E-state index in [1.54, 1.807) is 0 Å². The maximum Gasteiger partial charge on any atom is 0.114 e. The zero-order chi connectivity index (χ0) is 10.8. The van der Waals surface area contributed by atoms with Gasteiger partial charge in [-0.2, -0.15) is 0 Å². The van der Waals surface area contributed by atoms with E-state index in [-0.39, 0.29) is 0 Å². The summed E-state index contributed by atoms with van der Waals surface area (Å²) in [6.45, 7) is 2.14. The van der Waals surface area contributed by atoms with Crippen LogP contribution in [0.4, 0.5) is 4.39 Å². The smallest absolute Gasteiger partial charge is 0.114 e. The summed E-state index contributed by atoms with van der Waals surface area (Å²) in [6, 6.07) is 5.78. The van der Waals surface area contributed by atoms with Gasteiger partial charge in [-0.3, -0.25) is 4.90 Å². The van der Waals surface area contributed by atoms with Crippen molar-refractivity contribution in [3.63, 3.8) is 0 Å². The first-order chi connectivity index (χ1) is 7.16. The van der Waals surface area contributed by atoms with Gasteiger partial charge < -0.3 is 0 Å². The van der Waals surface area contributed by atoms with Gasteiger partial charge in [0.15, 0.2) is 0 Å². The molecule has 1 heterocycles. The molecule has 0 aliphatic carbocycles. The van der Waals surface area contributed by atoms with Crippen LogP contribution in [0, 0.1) is 0 Å². The van der Waals surface area contributed by atoms with Gasteiger partial charge in [0, 0.05) is 24.1 Å². The SMILES string of the molecule is F[C@H]1CCN(Cc2cccc(Cl)c2Br)C1. The van der Waals surface area contributed by atoms with Crippen LogP contribution in [-0.2, 0) is 6.54 Å². The summed E-state index contributed by atoms with van der Waals surface area (Å²) in [4.78, 5) is 2.11. The Balaban J connectivity index is 2.07. The van der Waals surface area contributed by atoms with E-state index in [1.165, 1.54) is 0 Å². The first-order valence-electron chi connectivity index (χ1n) is 4.96. The molecule has 2 rings (SSSR count). The van der Waals surface area contributed by atoms with Gasteiger partial charge in [-0.15, -0.1) is 0 Å². The highest BCUT2D eigenvalue weighted by Crippen LogP contribution is 2.28. The number of benzene rings is 1. The summed E-state index contributed by atoms with van der Waals surface area (Å²) < 4.78 is 13.9. The average molecular weight is 293 g/mol. The van der Waals surface area contributed by atoms with Gasteiger partial charge in [0.1, 0.15) is 6.17 Å². The third kappa shape index (κ3) is 2.71. The van der Waals surface area contributed by atoms with E-state index in [0.717, 1.165) is 23.1 Å². The third-order valence-electron chi connectivity index (χ3n) is 2.64. The molecule has 1 aliphatic rings. The van der Waals surface area contributed by atoms with Crippen molar-refractivity contribution in [2.75, 3.05) is 13.1 Å². The Hall–Kier alpha value is -0.120. The molecule has 0 unspecified atom stereocenters. The fraction of sp³-hybridized carbons (Fsp3) is 0.455. The van der Waals surface area contributed by atoms with Crippen LogP contribution in [0.1, 0.15) is 12.0 Å². The van der Waals surface area contributed by atoms with Gasteiger partial charge >= 0.3 is 0 Å². The zero-order valence-electron chi connectivity index (χ0n) is 8.22. The van der Waals surface area contributed by atoms with E-state index in [0.29, 0.717) is 18.0 Å². The van der Waals surface area contributed by atoms with Gasteiger partial charge in [0.2, 0.25) is 0 Å². The number of likely N-dealkylation sites (tertiary alicyclic amines) is 1. The molecule has 0 radical (unpaired) electrons. The van der Waals surface area contributed by atoms with Crippen LogP contribution < -0.4 is 0 Å². The average Bonchev–Trinajstić information content (AvgIpc) is 2.59. The van der Waals surface area contributed by atoms with Crippen molar-refractivity contribution in [1.29, 1.82) is 0 Å². The second-order valence-corrected chi connectivity index (χ2v) is 5.03. The van der Waals surface area contributed by atoms with E-state index < -0.39 is 6.17 Å². The highest BCUT2D eigenvalue weighted by Gasteiger charge is 2.22. The van der Waals surface area contributed by atoms with Crippen LogP contribution in [0.3, 0.4) is 0 Å². The highest BCUT2D eigenvalue weighted by atomic mass is 79.9. The summed E-state index contributed by atoms with van der Waals surface area (Å²) in [6.07, 6.45) is -0.0129. The molecule has 4 heteroatoms. The molecule has 1 aliphatic heterocycles. The van der Waals surface area contributed by atoms with Crippen LogP contribution in [0.25, 0.3) is 0 Å². The number of rotatable bonds is 2. The monoisotopic (exact) mass is 291 g/mol. The lowest BCUT2D eigenvalue weighted by Gasteiger charge is -2.15. The molecule has 0 aromatic heterocycles. The summed E-state index contributed by atoms with van der Waals surface area (Å²) >= 11 is 9.44. The molecule has 0 N–H and O–H groups in total. The predicted octanol–water partition coefficient (Wildman–Crippen LogP) is 3.65. The van der Waals surface area contributed by atoms with Crippen molar-refractivity contribution >= 4 is 27.5 Å². The Morgan fingerprint density at radius 2 is 2.33 bits per heavy atom. The Kier molecular flexibility index (Phi) is 3.65. The first kappa shape index (κ1) is 11.4. The number of nitrogens with zero attached hydrogens (tertiary/aromatic N) is 1. The summed E-state index contributed by atoms with van der Waals surface area (Å²) in [5, 5.41) is 0.712. The van der Waals surface area contributed by atoms with E-state index in [1.807, 2.05) is 18.2 Å². The Morgan fingerprint density at radius 3 is 3.00 bits per heavy atom. The molecular formula is C11H12BrClFN. The van der Waals surface area contributed by atoms with Crippen LogP contribution in [0.2, 0.25) is 5.02 Å². The maximum absolute atomic E-state index is 13.0. The van der Waals surface area contributed by atoms with Crippen molar-refractivity contribution in [1.82, 2.24) is 4.90 Å². The fourth-order valence-corrected chi connectivity index (χ4v) is 2.42. The Bertz CT molecular complexity index is 358. The van der Waals surface area contributed by atoms with Crippen LogP contribution in [0.5, 0.6) is 0 Å². The van der Waals surface area contributed by atoms with Crippen molar-refractivity contribution < 1.29 is 4.39 Å². The normalized spacial score (nSPS) is 22.2. The molecule has 0 spiro atoms. The molecule has 1 saturated heterocycles. The molecule has 82 valence electrons. The van der Waals surface area contributed by atoms with Crippen molar-refractivity contribution in [2.45, 2.75) is 19.1 Å². The Labute approximate surface area is 102 Å². The van der Waals surface area contributed by atoms with E-state index in [4.69, 9.17) is 11.6 Å². The lowest BCUT2D eigenvalue weighted by Crippen LogP contribution is -2.20. The lowest BCUT2D eigenvalue weighted by atomic mass is 10.2. The quantitative estimate of drug-likeness (QED) is 0.804. The van der Waals surface area contributed by atoms with E-state index >= 15 is 0 Å². The molecule has 1 aromatic rings. The van der Waals surface area contributed by atoms with Gasteiger partial charge in [0.05, 0.1) is 5.02 Å². The van der Waals surface area contributed by atoms with Crippen molar-refractivity contribution in [2.24, 2.45) is 0 Å². The summed E-state index contributed by atoms with van der Waals surface area (Å²) in [5.74, 6) is 0. The standard InChI is InChI=1S/C11H12BrClFN/c12-11-8(2-1-3-10(11)13)6-15-5-4-9(14)7-15/h1-3,9H,4-7H2/t9-/m0/s1. The molecule has 0 saturated carbocycles. The minimum Gasteiger partial charge on any atom is -0.296 e. The fourth-order valence-electron chi connectivity index (χ4n) is 1.84. The van der Waals surface area contributed by atoms with Gasteiger partial charge in [-0.1, -0.05) is 23.7 Å². The second kappa shape index (κ2) is 4.81. The number of alkyl halides is 1. The maximum atomic E-state index is 13.0. The van der Waals surface area contributed by atoms with E-state index in [2.05, 4.69) is 20.8 Å². The molecule has 1 fully saturated rings. The molecule has 15 heavy (non-hydrogen) atoms. The van der Waals surface area contributed by atoms with E-state index in [9.17, 15) is 4.39 Å². The minimum absolute atomic E-state index is 0.541. The molecule has 1 nitrogen and oxygen atoms in total. The zero-order valence-corrected chi connectivity index (χ0v) is 10.6. The summed E-state index contributed by atoms with van der Waals surface area (Å²) in [7, 11) is 0. The molecule has 1 atom stereocenters. The second-order valence-electron chi connectivity index (χ2n) is 3.83. The predicted molar refractivity (Wildman–Crippen MR) is 63.9 cm³/mol. The largest absolute Gasteiger partial charge is 0.296 e. The lowest BCUT2D eigenvalue weighted by molar-refractivity contribution is 0.282. The number of hydrogen-bond donors (Lipinski definition) is 0. The summed E-state index contributed by atoms with van der Waals surface area (Å²) in [5.41, 5.74) is 1.12. The Morgan fingerprint density at radius 1 is 1.53 bits per heavy atom. The molecular weight excluding hydrogens is 280 g/mol. The van der Waals surface area contributed by atoms with Crippen LogP contribution >= 0.6 is 27.5 Å². The highest BCUT2D eigenvalue weighted by molar-refractivity contribution is 9.10. The molecule has 1 aromatic carbocycles. The minimum atomic E-state index is -0.664. The third-order valence-corrected chi connectivity index (χ3v) is 4.12. The first-order valence-corrected chi connectivity index (χ1v) is 6.13. The van der Waals surface area contributed by atoms with Gasteiger partial charge in [-0.05, 0) is 34.0 Å². The van der Waals surface area contributed by atoms with Gasteiger partial charge in [0.25, 0.3) is 0 Å². The topological polar surface area (TPSA) is 3.24 Å². The number of hydrogen-bond acceptors (Lipinski definition) is 1. The molecule has 0 bridgehead atoms. The van der Waals surface area contributed by atoms with Crippen molar-refractivity contribution in [3.8, 4) is 0 Å².